The normalized spacial score (nSPS) is 18.1. The van der Waals surface area contributed by atoms with Crippen LogP contribution in [0.15, 0.2) is 53.1 Å². The second-order valence-electron chi connectivity index (χ2n) is 7.80. The smallest absolute Gasteiger partial charge is 0.310 e. The van der Waals surface area contributed by atoms with Gasteiger partial charge in [0.05, 0.1) is 29.7 Å². The first-order valence-electron chi connectivity index (χ1n) is 10.7. The summed E-state index contributed by atoms with van der Waals surface area (Å²) >= 11 is 1.40. The fraction of sp³-hybridized carbons (Fsp3) is 0.348. The second kappa shape index (κ2) is 8.76. The van der Waals surface area contributed by atoms with E-state index in [1.807, 2.05) is 37.3 Å². The maximum atomic E-state index is 12.4. The minimum atomic E-state index is -0.214. The minimum Gasteiger partial charge on any atom is -0.492 e. The molecule has 1 saturated heterocycles. The number of esters is 1. The topological polar surface area (TPSA) is 93.1 Å². The van der Waals surface area contributed by atoms with Gasteiger partial charge in [0.2, 0.25) is 16.7 Å². The van der Waals surface area contributed by atoms with E-state index in [-0.39, 0.29) is 23.8 Å². The standard InChI is InChI=1S/C23H24N4O4S/c1-2-30-22(29)16-10-6-12-26(14-16)18(15-8-4-3-5-9-15)19-21(28)27-23(32-19)24-20(25-27)17-11-7-13-31-17/h3-5,7-9,11,13,16,18,28H,2,6,10,12,14H2,1H3/t16-,18-/m0/s1. The fourth-order valence-corrected chi connectivity index (χ4v) is 5.41. The van der Waals surface area contributed by atoms with E-state index in [0.717, 1.165) is 29.8 Å². The highest BCUT2D eigenvalue weighted by Gasteiger charge is 2.35. The first kappa shape index (κ1) is 20.7. The van der Waals surface area contributed by atoms with Crippen LogP contribution in [0.3, 0.4) is 0 Å². The van der Waals surface area contributed by atoms with E-state index >= 15 is 0 Å². The van der Waals surface area contributed by atoms with Crippen molar-refractivity contribution in [2.75, 3.05) is 19.7 Å². The van der Waals surface area contributed by atoms with E-state index in [0.29, 0.717) is 29.7 Å². The highest BCUT2D eigenvalue weighted by Crippen LogP contribution is 2.41. The van der Waals surface area contributed by atoms with Crippen LogP contribution in [0.2, 0.25) is 0 Å². The van der Waals surface area contributed by atoms with Crippen LogP contribution in [-0.2, 0) is 9.53 Å². The molecule has 0 saturated carbocycles. The summed E-state index contributed by atoms with van der Waals surface area (Å²) < 4.78 is 12.1. The zero-order valence-corrected chi connectivity index (χ0v) is 18.5. The number of rotatable bonds is 6. The Hall–Kier alpha value is -3.17. The summed E-state index contributed by atoms with van der Waals surface area (Å²) in [5, 5.41) is 15.6. The van der Waals surface area contributed by atoms with Gasteiger partial charge in [-0.05, 0) is 44.0 Å². The predicted molar refractivity (Wildman–Crippen MR) is 119 cm³/mol. The van der Waals surface area contributed by atoms with Crippen LogP contribution < -0.4 is 0 Å². The molecule has 0 radical (unpaired) electrons. The van der Waals surface area contributed by atoms with Crippen LogP contribution in [0.5, 0.6) is 5.88 Å². The Morgan fingerprint density at radius 1 is 1.31 bits per heavy atom. The van der Waals surface area contributed by atoms with Crippen molar-refractivity contribution in [1.29, 1.82) is 0 Å². The van der Waals surface area contributed by atoms with Gasteiger partial charge in [-0.3, -0.25) is 9.69 Å². The lowest BCUT2D eigenvalue weighted by Crippen LogP contribution is -2.41. The molecule has 4 heterocycles. The van der Waals surface area contributed by atoms with Crippen molar-refractivity contribution in [2.45, 2.75) is 25.8 Å². The highest BCUT2D eigenvalue weighted by atomic mass is 32.1. The molecule has 1 aliphatic rings. The molecule has 1 N–H and O–H groups in total. The third-order valence-corrected chi connectivity index (χ3v) is 6.82. The molecule has 1 fully saturated rings. The van der Waals surface area contributed by atoms with Gasteiger partial charge in [0.15, 0.2) is 5.76 Å². The van der Waals surface area contributed by atoms with Gasteiger partial charge in [-0.25, -0.2) is 0 Å². The zero-order valence-electron chi connectivity index (χ0n) is 17.7. The molecule has 4 aromatic rings. The number of hydrogen-bond donors (Lipinski definition) is 1. The number of carbonyl (C=O) groups is 1. The van der Waals surface area contributed by atoms with Crippen LogP contribution >= 0.6 is 11.3 Å². The number of benzene rings is 1. The first-order valence-corrected chi connectivity index (χ1v) is 11.5. The number of fused-ring (bicyclic) bond motifs is 1. The lowest BCUT2D eigenvalue weighted by molar-refractivity contribution is -0.150. The van der Waals surface area contributed by atoms with Gasteiger partial charge in [-0.2, -0.15) is 9.50 Å². The van der Waals surface area contributed by atoms with E-state index in [1.54, 1.807) is 18.4 Å². The molecule has 0 bridgehead atoms. The van der Waals surface area contributed by atoms with Gasteiger partial charge in [0.1, 0.15) is 0 Å². The quantitative estimate of drug-likeness (QED) is 0.440. The fourth-order valence-electron chi connectivity index (χ4n) is 4.30. The molecule has 5 rings (SSSR count). The number of ether oxygens (including phenoxy) is 1. The van der Waals surface area contributed by atoms with Crippen LogP contribution in [0.4, 0.5) is 0 Å². The molecule has 8 nitrogen and oxygen atoms in total. The van der Waals surface area contributed by atoms with E-state index in [4.69, 9.17) is 9.15 Å². The van der Waals surface area contributed by atoms with Crippen LogP contribution in [-0.4, -0.2) is 50.3 Å². The van der Waals surface area contributed by atoms with Crippen LogP contribution in [0.1, 0.15) is 36.2 Å². The lowest BCUT2D eigenvalue weighted by Gasteiger charge is -2.37. The Morgan fingerprint density at radius 2 is 2.16 bits per heavy atom. The number of furan rings is 1. The Morgan fingerprint density at radius 3 is 2.88 bits per heavy atom. The van der Waals surface area contributed by atoms with Gasteiger partial charge in [-0.15, -0.1) is 5.10 Å². The predicted octanol–water partition coefficient (Wildman–Crippen LogP) is 4.12. The Labute approximate surface area is 189 Å². The Kier molecular flexibility index (Phi) is 5.67. The van der Waals surface area contributed by atoms with Crippen LogP contribution in [0.25, 0.3) is 16.5 Å². The summed E-state index contributed by atoms with van der Waals surface area (Å²) in [5.74, 6) is 0.709. The summed E-state index contributed by atoms with van der Waals surface area (Å²) in [5.41, 5.74) is 1.04. The van der Waals surface area contributed by atoms with E-state index in [2.05, 4.69) is 15.0 Å². The average Bonchev–Trinajstić information content (AvgIpc) is 3.54. The van der Waals surface area contributed by atoms with E-state index in [1.165, 1.54) is 15.9 Å². The molecular weight excluding hydrogens is 428 g/mol. The maximum absolute atomic E-state index is 12.4. The van der Waals surface area contributed by atoms with Crippen molar-refractivity contribution in [3.05, 3.63) is 59.2 Å². The number of carbonyl (C=O) groups excluding carboxylic acids is 1. The Balaban J connectivity index is 1.53. The van der Waals surface area contributed by atoms with Crippen LogP contribution in [0, 0.1) is 5.92 Å². The molecule has 166 valence electrons. The second-order valence-corrected chi connectivity index (χ2v) is 8.81. The van der Waals surface area contributed by atoms with Gasteiger partial charge in [-0.1, -0.05) is 41.7 Å². The van der Waals surface area contributed by atoms with E-state index < -0.39 is 0 Å². The van der Waals surface area contributed by atoms with Crippen molar-refractivity contribution < 1.29 is 19.1 Å². The first-order chi connectivity index (χ1) is 15.7. The molecule has 0 amide bonds. The number of likely N-dealkylation sites (tertiary alicyclic amines) is 1. The molecule has 0 unspecified atom stereocenters. The molecule has 2 atom stereocenters. The summed E-state index contributed by atoms with van der Waals surface area (Å²) in [6.45, 7) is 3.60. The summed E-state index contributed by atoms with van der Waals surface area (Å²) in [6.07, 6.45) is 3.26. The largest absolute Gasteiger partial charge is 0.492 e. The maximum Gasteiger partial charge on any atom is 0.310 e. The summed E-state index contributed by atoms with van der Waals surface area (Å²) in [7, 11) is 0. The van der Waals surface area contributed by atoms with Crippen molar-refractivity contribution in [1.82, 2.24) is 19.5 Å². The third kappa shape index (κ3) is 3.78. The molecule has 9 heteroatoms. The average molecular weight is 453 g/mol. The minimum absolute atomic E-state index is 0.0578. The van der Waals surface area contributed by atoms with Crippen molar-refractivity contribution in [3.8, 4) is 17.5 Å². The van der Waals surface area contributed by atoms with Gasteiger partial charge >= 0.3 is 5.97 Å². The van der Waals surface area contributed by atoms with Gasteiger partial charge in [0.25, 0.3) is 0 Å². The molecule has 3 aromatic heterocycles. The van der Waals surface area contributed by atoms with Crippen molar-refractivity contribution in [2.24, 2.45) is 5.92 Å². The van der Waals surface area contributed by atoms with Gasteiger partial charge < -0.3 is 14.3 Å². The monoisotopic (exact) mass is 452 g/mol. The third-order valence-electron chi connectivity index (χ3n) is 5.74. The molecule has 1 aliphatic heterocycles. The number of aromatic hydroxyl groups is 1. The van der Waals surface area contributed by atoms with Crippen molar-refractivity contribution >= 4 is 22.3 Å². The number of nitrogens with zero attached hydrogens (tertiary/aromatic N) is 4. The SMILES string of the molecule is CCOC(=O)[C@H]1CCCN([C@@H](c2ccccc2)c2sc3nc(-c4ccco4)nn3c2O)C1. The molecule has 0 spiro atoms. The highest BCUT2D eigenvalue weighted by molar-refractivity contribution is 7.17. The number of aromatic nitrogens is 3. The molecule has 1 aromatic carbocycles. The summed E-state index contributed by atoms with van der Waals surface area (Å²) in [6, 6.07) is 13.4. The Bertz CT molecular complexity index is 1200. The zero-order chi connectivity index (χ0) is 22.1. The number of thiazole rings is 1. The van der Waals surface area contributed by atoms with Crippen molar-refractivity contribution in [3.63, 3.8) is 0 Å². The molecular formula is C23H24N4O4S. The molecule has 32 heavy (non-hydrogen) atoms. The van der Waals surface area contributed by atoms with E-state index in [9.17, 15) is 9.90 Å². The number of hydrogen-bond acceptors (Lipinski definition) is 8. The lowest BCUT2D eigenvalue weighted by atomic mass is 9.94. The number of piperidine rings is 1. The summed E-state index contributed by atoms with van der Waals surface area (Å²) in [4.78, 5) is 20.6. The molecule has 0 aliphatic carbocycles. The van der Waals surface area contributed by atoms with Gasteiger partial charge in [0, 0.05) is 6.54 Å².